The highest BCUT2D eigenvalue weighted by molar-refractivity contribution is 6.39. The standard InChI is InChI=1S/2C5H11.Al.H/c2*1-3-5-4-2;;/h2*3H,4-5H2,1-2H3;;. The van der Waals surface area contributed by atoms with Crippen molar-refractivity contribution in [1.82, 2.24) is 0 Å². The van der Waals surface area contributed by atoms with Gasteiger partial charge in [0.25, 0.3) is 0 Å². The fourth-order valence-electron chi connectivity index (χ4n) is 1.91. The molecular formula is C10H23Al. The average Bonchev–Trinajstić information content (AvgIpc) is 1.87. The zero-order valence-corrected chi connectivity index (χ0v) is 10.1. The van der Waals surface area contributed by atoms with Crippen molar-refractivity contribution in [1.29, 1.82) is 0 Å². The average molecular weight is 170 g/mol. The summed E-state index contributed by atoms with van der Waals surface area (Å²) in [6, 6.07) is 0. The second kappa shape index (κ2) is 7.20. The summed E-state index contributed by atoms with van der Waals surface area (Å²) in [5.41, 5.74) is 0. The van der Waals surface area contributed by atoms with Gasteiger partial charge in [-0.1, -0.05) is 62.9 Å². The van der Waals surface area contributed by atoms with Gasteiger partial charge in [-0.3, -0.25) is 0 Å². The Balaban J connectivity index is 3.32. The molecule has 0 aromatic rings. The molecular weight excluding hydrogens is 147 g/mol. The van der Waals surface area contributed by atoms with Gasteiger partial charge in [-0.05, 0) is 0 Å². The number of rotatable bonds is 6. The van der Waals surface area contributed by atoms with Crippen LogP contribution in [0.1, 0.15) is 53.4 Å². The normalized spacial score (nSPS) is 16.0. The molecule has 0 spiro atoms. The molecule has 0 amide bonds. The third-order valence-electron chi connectivity index (χ3n) is 2.37. The van der Waals surface area contributed by atoms with Gasteiger partial charge in [0.1, 0.15) is 0 Å². The van der Waals surface area contributed by atoms with E-state index < -0.39 is 0 Å². The lowest BCUT2D eigenvalue weighted by atomic mass is 10.2. The molecule has 0 fully saturated rings. The molecule has 0 radical (unpaired) electrons. The lowest BCUT2D eigenvalue weighted by Crippen LogP contribution is -2.05. The van der Waals surface area contributed by atoms with Crippen LogP contribution in [0.4, 0.5) is 0 Å². The van der Waals surface area contributed by atoms with Crippen LogP contribution in [0.15, 0.2) is 0 Å². The van der Waals surface area contributed by atoms with Gasteiger partial charge in [0.15, 0.2) is 0 Å². The number of hydrogen-bond acceptors (Lipinski definition) is 0. The Kier molecular flexibility index (Phi) is 7.54. The van der Waals surface area contributed by atoms with Crippen LogP contribution < -0.4 is 0 Å². The predicted molar refractivity (Wildman–Crippen MR) is 55.8 cm³/mol. The Labute approximate surface area is 78.5 Å². The first-order valence-corrected chi connectivity index (χ1v) is 6.83. The van der Waals surface area contributed by atoms with E-state index in [-0.39, 0.29) is 15.2 Å². The van der Waals surface area contributed by atoms with E-state index in [1.165, 1.54) is 25.7 Å². The molecule has 0 bridgehead atoms. The minimum Gasteiger partial charge on any atom is -0.0885 e. The minimum atomic E-state index is 0.238. The van der Waals surface area contributed by atoms with Crippen LogP contribution in [0.5, 0.6) is 0 Å². The fraction of sp³-hybridized carbons (Fsp3) is 1.00. The van der Waals surface area contributed by atoms with E-state index >= 15 is 0 Å². The van der Waals surface area contributed by atoms with Crippen LogP contribution in [-0.2, 0) is 0 Å². The Morgan fingerprint density at radius 3 is 1.55 bits per heavy atom. The maximum absolute atomic E-state index is 2.45. The highest BCUT2D eigenvalue weighted by Crippen LogP contribution is 2.20. The molecule has 0 aliphatic heterocycles. The van der Waals surface area contributed by atoms with Crippen LogP contribution in [-0.4, -0.2) is 15.2 Å². The van der Waals surface area contributed by atoms with Crippen molar-refractivity contribution >= 4 is 15.2 Å². The molecule has 2 unspecified atom stereocenters. The van der Waals surface area contributed by atoms with Crippen LogP contribution >= 0.6 is 0 Å². The lowest BCUT2D eigenvalue weighted by Gasteiger charge is -2.12. The zero-order valence-electron chi connectivity index (χ0n) is 8.69. The maximum Gasteiger partial charge on any atom is 0.244 e. The van der Waals surface area contributed by atoms with Gasteiger partial charge in [0.2, 0.25) is 15.2 Å². The second-order valence-electron chi connectivity index (χ2n) is 4.02. The van der Waals surface area contributed by atoms with Crippen molar-refractivity contribution in [3.8, 4) is 0 Å². The topological polar surface area (TPSA) is 0 Å². The molecule has 0 aromatic heterocycles. The fourth-order valence-corrected chi connectivity index (χ4v) is 4.57. The van der Waals surface area contributed by atoms with E-state index in [0.29, 0.717) is 0 Å². The summed E-state index contributed by atoms with van der Waals surface area (Å²) in [6.07, 6.45) is 5.71. The third kappa shape index (κ3) is 6.91. The maximum atomic E-state index is 2.45. The molecule has 0 rings (SSSR count). The van der Waals surface area contributed by atoms with Crippen LogP contribution in [0.25, 0.3) is 0 Å². The van der Waals surface area contributed by atoms with Gasteiger partial charge in [-0.15, -0.1) is 0 Å². The van der Waals surface area contributed by atoms with Crippen LogP contribution in [0.2, 0.25) is 9.56 Å². The van der Waals surface area contributed by atoms with Gasteiger partial charge in [-0.2, -0.15) is 0 Å². The van der Waals surface area contributed by atoms with Gasteiger partial charge < -0.3 is 0 Å². The minimum absolute atomic E-state index is 0.238. The predicted octanol–water partition coefficient (Wildman–Crippen LogP) is 3.64. The monoisotopic (exact) mass is 170 g/mol. The Bertz CT molecular complexity index is 70.9. The molecule has 2 atom stereocenters. The van der Waals surface area contributed by atoms with E-state index in [0.717, 1.165) is 9.56 Å². The lowest BCUT2D eigenvalue weighted by molar-refractivity contribution is 0.715. The molecule has 1 heteroatoms. The van der Waals surface area contributed by atoms with Crippen molar-refractivity contribution in [2.24, 2.45) is 0 Å². The van der Waals surface area contributed by atoms with E-state index in [4.69, 9.17) is 0 Å². The van der Waals surface area contributed by atoms with Crippen LogP contribution in [0, 0.1) is 0 Å². The number of hydrogen-bond donors (Lipinski definition) is 0. The van der Waals surface area contributed by atoms with E-state index in [9.17, 15) is 0 Å². The second-order valence-corrected chi connectivity index (χ2v) is 7.28. The highest BCUT2D eigenvalue weighted by atomic mass is 27.1. The van der Waals surface area contributed by atoms with Gasteiger partial charge in [-0.25, -0.2) is 0 Å². The third-order valence-corrected chi connectivity index (χ3v) is 4.79. The summed E-state index contributed by atoms with van der Waals surface area (Å²) in [6.45, 7) is 9.49. The smallest absolute Gasteiger partial charge is 0.0885 e. The van der Waals surface area contributed by atoms with E-state index in [2.05, 4.69) is 27.7 Å². The van der Waals surface area contributed by atoms with Crippen molar-refractivity contribution in [2.45, 2.75) is 62.9 Å². The Morgan fingerprint density at radius 2 is 1.27 bits per heavy atom. The van der Waals surface area contributed by atoms with Gasteiger partial charge >= 0.3 is 0 Å². The molecule has 0 aromatic carbocycles. The van der Waals surface area contributed by atoms with Crippen molar-refractivity contribution in [3.05, 3.63) is 0 Å². The first kappa shape index (κ1) is 11.5. The Morgan fingerprint density at radius 1 is 0.909 bits per heavy atom. The summed E-state index contributed by atoms with van der Waals surface area (Å²) in [5.74, 6) is 0. The molecule has 0 aliphatic rings. The molecule has 0 saturated carbocycles. The molecule has 0 aliphatic carbocycles. The van der Waals surface area contributed by atoms with Crippen molar-refractivity contribution in [3.63, 3.8) is 0 Å². The van der Waals surface area contributed by atoms with E-state index in [1.807, 2.05) is 0 Å². The highest BCUT2D eigenvalue weighted by Gasteiger charge is 2.10. The Hall–Kier alpha value is 0.532. The summed E-state index contributed by atoms with van der Waals surface area (Å²) in [7, 11) is 0. The summed E-state index contributed by atoms with van der Waals surface area (Å²) in [4.78, 5) is 0. The SMILES string of the molecule is CCC[CH](C)[AlH][CH](C)CCC. The van der Waals surface area contributed by atoms with Gasteiger partial charge in [0, 0.05) is 0 Å². The molecule has 0 nitrogen and oxygen atoms in total. The molecule has 0 saturated heterocycles. The van der Waals surface area contributed by atoms with Gasteiger partial charge in [0.05, 0.1) is 0 Å². The summed E-state index contributed by atoms with van der Waals surface area (Å²) in [5, 5.41) is 0. The first-order valence-electron chi connectivity index (χ1n) is 5.20. The van der Waals surface area contributed by atoms with Crippen molar-refractivity contribution in [2.75, 3.05) is 0 Å². The van der Waals surface area contributed by atoms with E-state index in [1.54, 1.807) is 0 Å². The zero-order chi connectivity index (χ0) is 8.69. The summed E-state index contributed by atoms with van der Waals surface area (Å²) >= 11 is 0.238. The quantitative estimate of drug-likeness (QED) is 0.534. The molecule has 11 heavy (non-hydrogen) atoms. The molecule has 0 N–H and O–H groups in total. The van der Waals surface area contributed by atoms with Crippen molar-refractivity contribution < 1.29 is 0 Å². The largest absolute Gasteiger partial charge is 0.244 e. The molecule has 0 heterocycles. The van der Waals surface area contributed by atoms with Crippen LogP contribution in [0.3, 0.4) is 0 Å². The first-order chi connectivity index (χ1) is 5.20. The molecule has 66 valence electrons. The summed E-state index contributed by atoms with van der Waals surface area (Å²) < 4.78 is 2.17.